The van der Waals surface area contributed by atoms with Gasteiger partial charge in [-0.3, -0.25) is 0 Å². The predicted molar refractivity (Wildman–Crippen MR) is 81.5 cm³/mol. The third-order valence-electron chi connectivity index (χ3n) is 3.44. The number of rotatable bonds is 0. The van der Waals surface area contributed by atoms with Crippen LogP contribution in [0.4, 0.5) is 0 Å². The van der Waals surface area contributed by atoms with Gasteiger partial charge in [-0.05, 0) is 31.2 Å². The molecule has 0 bridgehead atoms. The van der Waals surface area contributed by atoms with Gasteiger partial charge in [0.05, 0.1) is 11.2 Å². The first-order valence-electron chi connectivity index (χ1n) is 6.11. The molecule has 0 saturated heterocycles. The summed E-state index contributed by atoms with van der Waals surface area (Å²) in [5.41, 5.74) is 3.72. The topological polar surface area (TPSA) is 26.0 Å². The number of aryl methyl sites for hydroxylation is 1. The van der Waals surface area contributed by atoms with Crippen molar-refractivity contribution in [3.8, 4) is 0 Å². The number of aromatic nitrogens is 1. The van der Waals surface area contributed by atoms with Crippen LogP contribution in [0.2, 0.25) is 0 Å². The Balaban J connectivity index is 2.38. The van der Waals surface area contributed by atoms with Gasteiger partial charge in [0.15, 0.2) is 5.58 Å². The van der Waals surface area contributed by atoms with Crippen molar-refractivity contribution in [2.45, 2.75) is 6.92 Å². The lowest BCUT2D eigenvalue weighted by Crippen LogP contribution is -1.85. The summed E-state index contributed by atoms with van der Waals surface area (Å²) in [6.07, 6.45) is 0. The maximum atomic E-state index is 5.95. The van der Waals surface area contributed by atoms with Crippen LogP contribution in [0.1, 0.15) is 5.69 Å². The Morgan fingerprint density at radius 2 is 1.89 bits per heavy atom. The van der Waals surface area contributed by atoms with E-state index < -0.39 is 0 Å². The van der Waals surface area contributed by atoms with Crippen molar-refractivity contribution in [3.63, 3.8) is 0 Å². The van der Waals surface area contributed by atoms with Gasteiger partial charge < -0.3 is 4.42 Å². The average molecular weight is 312 g/mol. The van der Waals surface area contributed by atoms with Crippen molar-refractivity contribution in [2.24, 2.45) is 0 Å². The SMILES string of the molecule is Cc1nc2ccc(Br)cc2c2c1oc1ccccc12. The van der Waals surface area contributed by atoms with Crippen LogP contribution in [0.5, 0.6) is 0 Å². The molecule has 4 aromatic rings. The van der Waals surface area contributed by atoms with E-state index in [0.29, 0.717) is 0 Å². The summed E-state index contributed by atoms with van der Waals surface area (Å²) in [6.45, 7) is 1.99. The highest BCUT2D eigenvalue weighted by Gasteiger charge is 2.13. The van der Waals surface area contributed by atoms with E-state index in [1.807, 2.05) is 37.3 Å². The second kappa shape index (κ2) is 3.81. The quantitative estimate of drug-likeness (QED) is 0.446. The van der Waals surface area contributed by atoms with E-state index in [1.54, 1.807) is 0 Å². The Bertz CT molecular complexity index is 940. The van der Waals surface area contributed by atoms with Crippen LogP contribution in [0, 0.1) is 6.92 Å². The summed E-state index contributed by atoms with van der Waals surface area (Å²) in [6, 6.07) is 14.3. The fraction of sp³-hybridized carbons (Fsp3) is 0.0625. The first-order valence-corrected chi connectivity index (χ1v) is 6.90. The molecule has 0 aliphatic carbocycles. The van der Waals surface area contributed by atoms with Crippen LogP contribution in [-0.4, -0.2) is 4.98 Å². The molecule has 0 amide bonds. The molecule has 0 aliphatic rings. The number of nitrogens with zero attached hydrogens (tertiary/aromatic N) is 1. The number of pyridine rings is 1. The molecular weight excluding hydrogens is 302 g/mol. The van der Waals surface area contributed by atoms with Crippen LogP contribution in [0.3, 0.4) is 0 Å². The molecule has 0 atom stereocenters. The molecule has 0 unspecified atom stereocenters. The smallest absolute Gasteiger partial charge is 0.157 e. The lowest BCUT2D eigenvalue weighted by Gasteiger charge is -2.02. The largest absolute Gasteiger partial charge is 0.454 e. The molecular formula is C16H10BrNO. The third kappa shape index (κ3) is 1.51. The Hall–Kier alpha value is -1.87. The minimum absolute atomic E-state index is 0.881. The molecule has 92 valence electrons. The molecule has 2 nitrogen and oxygen atoms in total. The number of hydrogen-bond acceptors (Lipinski definition) is 2. The Morgan fingerprint density at radius 1 is 1.05 bits per heavy atom. The van der Waals surface area contributed by atoms with Crippen LogP contribution >= 0.6 is 15.9 Å². The molecule has 0 spiro atoms. The van der Waals surface area contributed by atoms with Crippen molar-refractivity contribution in [3.05, 3.63) is 52.6 Å². The van der Waals surface area contributed by atoms with E-state index in [0.717, 1.165) is 43.0 Å². The number of benzene rings is 2. The summed E-state index contributed by atoms with van der Waals surface area (Å²) in [7, 11) is 0. The number of furan rings is 1. The number of fused-ring (bicyclic) bond motifs is 5. The van der Waals surface area contributed by atoms with Crippen molar-refractivity contribution in [2.75, 3.05) is 0 Å². The van der Waals surface area contributed by atoms with Gasteiger partial charge >= 0.3 is 0 Å². The zero-order valence-corrected chi connectivity index (χ0v) is 11.9. The highest BCUT2D eigenvalue weighted by Crippen LogP contribution is 2.36. The second-order valence-electron chi connectivity index (χ2n) is 4.66. The van der Waals surface area contributed by atoms with Crippen molar-refractivity contribution in [1.29, 1.82) is 0 Å². The Kier molecular flexibility index (Phi) is 2.21. The molecule has 0 radical (unpaired) electrons. The van der Waals surface area contributed by atoms with Gasteiger partial charge in [0, 0.05) is 20.6 Å². The highest BCUT2D eigenvalue weighted by molar-refractivity contribution is 9.10. The summed E-state index contributed by atoms with van der Waals surface area (Å²) in [5.74, 6) is 0. The second-order valence-corrected chi connectivity index (χ2v) is 5.58. The Morgan fingerprint density at radius 3 is 2.79 bits per heavy atom. The zero-order valence-electron chi connectivity index (χ0n) is 10.3. The lowest BCUT2D eigenvalue weighted by atomic mass is 10.1. The summed E-state index contributed by atoms with van der Waals surface area (Å²) in [5, 5.41) is 3.42. The molecule has 3 heteroatoms. The fourth-order valence-corrected chi connectivity index (χ4v) is 2.97. The summed E-state index contributed by atoms with van der Waals surface area (Å²) >= 11 is 3.53. The fourth-order valence-electron chi connectivity index (χ4n) is 2.61. The first-order chi connectivity index (χ1) is 9.24. The lowest BCUT2D eigenvalue weighted by molar-refractivity contribution is 0.663. The molecule has 2 aromatic heterocycles. The number of halogens is 1. The first kappa shape index (κ1) is 11.0. The van der Waals surface area contributed by atoms with Gasteiger partial charge in [-0.1, -0.05) is 34.1 Å². The van der Waals surface area contributed by atoms with E-state index >= 15 is 0 Å². The van der Waals surface area contributed by atoms with Gasteiger partial charge in [-0.15, -0.1) is 0 Å². The summed E-state index contributed by atoms with van der Waals surface area (Å²) in [4.78, 5) is 4.63. The van der Waals surface area contributed by atoms with Crippen LogP contribution in [-0.2, 0) is 0 Å². The Labute approximate surface area is 118 Å². The maximum absolute atomic E-state index is 5.95. The standard InChI is InChI=1S/C16H10BrNO/c1-9-16-15(11-4-2-3-5-14(11)19-16)12-8-10(17)6-7-13(12)18-9/h2-8H,1H3. The van der Waals surface area contributed by atoms with E-state index in [1.165, 1.54) is 0 Å². The molecule has 2 aromatic carbocycles. The van der Waals surface area contributed by atoms with Gasteiger partial charge in [0.25, 0.3) is 0 Å². The third-order valence-corrected chi connectivity index (χ3v) is 3.93. The van der Waals surface area contributed by atoms with Crippen LogP contribution in [0.25, 0.3) is 32.8 Å². The molecule has 0 aliphatic heterocycles. The maximum Gasteiger partial charge on any atom is 0.157 e. The van der Waals surface area contributed by atoms with E-state index in [9.17, 15) is 0 Å². The number of hydrogen-bond donors (Lipinski definition) is 0. The van der Waals surface area contributed by atoms with Gasteiger partial charge in [0.1, 0.15) is 5.58 Å². The van der Waals surface area contributed by atoms with Gasteiger partial charge in [0.2, 0.25) is 0 Å². The average Bonchev–Trinajstić information content (AvgIpc) is 2.80. The van der Waals surface area contributed by atoms with E-state index in [2.05, 4.69) is 33.0 Å². The predicted octanol–water partition coefficient (Wildman–Crippen LogP) is 5.21. The van der Waals surface area contributed by atoms with Crippen LogP contribution in [0.15, 0.2) is 51.4 Å². The van der Waals surface area contributed by atoms with Gasteiger partial charge in [-0.25, -0.2) is 4.98 Å². The van der Waals surface area contributed by atoms with Crippen molar-refractivity contribution >= 4 is 48.8 Å². The highest BCUT2D eigenvalue weighted by atomic mass is 79.9. The van der Waals surface area contributed by atoms with Gasteiger partial charge in [-0.2, -0.15) is 0 Å². The molecule has 0 saturated carbocycles. The van der Waals surface area contributed by atoms with Crippen molar-refractivity contribution < 1.29 is 4.42 Å². The zero-order chi connectivity index (χ0) is 13.0. The molecule has 4 rings (SSSR count). The summed E-state index contributed by atoms with van der Waals surface area (Å²) < 4.78 is 7.01. The number of para-hydroxylation sites is 1. The molecule has 0 fully saturated rings. The van der Waals surface area contributed by atoms with E-state index in [4.69, 9.17) is 4.42 Å². The molecule has 19 heavy (non-hydrogen) atoms. The van der Waals surface area contributed by atoms with Crippen molar-refractivity contribution in [1.82, 2.24) is 4.98 Å². The minimum atomic E-state index is 0.881. The molecule has 0 N–H and O–H groups in total. The van der Waals surface area contributed by atoms with Crippen LogP contribution < -0.4 is 0 Å². The minimum Gasteiger partial charge on any atom is -0.454 e. The monoisotopic (exact) mass is 311 g/mol. The van der Waals surface area contributed by atoms with E-state index in [-0.39, 0.29) is 0 Å². The normalized spacial score (nSPS) is 11.7. The molecule has 2 heterocycles.